The molecule has 2 aliphatic rings. The van der Waals surface area contributed by atoms with Gasteiger partial charge in [-0.2, -0.15) is 0 Å². The summed E-state index contributed by atoms with van der Waals surface area (Å²) in [7, 11) is -3.29. The second kappa shape index (κ2) is 6.14. The van der Waals surface area contributed by atoms with E-state index < -0.39 is 9.84 Å². The van der Waals surface area contributed by atoms with Crippen molar-refractivity contribution in [1.29, 1.82) is 0 Å². The molecule has 1 aromatic heterocycles. The maximum absolute atomic E-state index is 13.1. The molecule has 7 heteroatoms. The third-order valence-corrected chi connectivity index (χ3v) is 7.80. The van der Waals surface area contributed by atoms with E-state index >= 15 is 0 Å². The van der Waals surface area contributed by atoms with Crippen molar-refractivity contribution in [3.05, 3.63) is 41.3 Å². The summed E-state index contributed by atoms with van der Waals surface area (Å²) in [6, 6.07) is 11.5. The van der Waals surface area contributed by atoms with Crippen LogP contribution in [0.25, 0.3) is 0 Å². The molecule has 1 saturated heterocycles. The highest BCUT2D eigenvalue weighted by Gasteiger charge is 2.35. The number of hydrogen-bond donors (Lipinski definition) is 0. The SMILES string of the molecule is CS(=O)(=O)c1ccc(C(=O)N2CC3CCCCN3c3ccccc32)s1. The highest BCUT2D eigenvalue weighted by atomic mass is 32.2. The van der Waals surface area contributed by atoms with Crippen LogP contribution in [0.5, 0.6) is 0 Å². The molecule has 25 heavy (non-hydrogen) atoms. The molecule has 132 valence electrons. The molecule has 1 amide bonds. The molecule has 1 unspecified atom stereocenters. The third kappa shape index (κ3) is 2.95. The van der Waals surface area contributed by atoms with Gasteiger partial charge in [0.15, 0.2) is 9.84 Å². The maximum Gasteiger partial charge on any atom is 0.268 e. The lowest BCUT2D eigenvalue weighted by atomic mass is 9.97. The van der Waals surface area contributed by atoms with Crippen molar-refractivity contribution >= 4 is 38.5 Å². The van der Waals surface area contributed by atoms with Gasteiger partial charge in [-0.15, -0.1) is 11.3 Å². The Morgan fingerprint density at radius 3 is 2.60 bits per heavy atom. The Labute approximate surface area is 151 Å². The van der Waals surface area contributed by atoms with Crippen LogP contribution in [0.4, 0.5) is 11.4 Å². The smallest absolute Gasteiger partial charge is 0.268 e. The fourth-order valence-electron chi connectivity index (χ4n) is 3.71. The van der Waals surface area contributed by atoms with Gasteiger partial charge in [0, 0.05) is 25.4 Å². The van der Waals surface area contributed by atoms with Crippen LogP contribution in [0.15, 0.2) is 40.6 Å². The van der Waals surface area contributed by atoms with Gasteiger partial charge in [0.2, 0.25) is 0 Å². The summed E-state index contributed by atoms with van der Waals surface area (Å²) >= 11 is 1.05. The van der Waals surface area contributed by atoms with Crippen LogP contribution in [-0.4, -0.2) is 39.7 Å². The molecule has 0 bridgehead atoms. The summed E-state index contributed by atoms with van der Waals surface area (Å²) in [5.41, 5.74) is 2.02. The van der Waals surface area contributed by atoms with Gasteiger partial charge in [-0.1, -0.05) is 12.1 Å². The summed E-state index contributed by atoms with van der Waals surface area (Å²) in [5.74, 6) is -0.113. The second-order valence-electron chi connectivity index (χ2n) is 6.64. The third-order valence-electron chi connectivity index (χ3n) is 4.91. The molecule has 5 nitrogen and oxygen atoms in total. The molecule has 0 radical (unpaired) electrons. The molecular formula is C18H20N2O3S2. The number of rotatable bonds is 2. The van der Waals surface area contributed by atoms with Gasteiger partial charge in [0.25, 0.3) is 5.91 Å². The van der Waals surface area contributed by atoms with E-state index in [1.54, 1.807) is 6.07 Å². The molecular weight excluding hydrogens is 356 g/mol. The van der Waals surface area contributed by atoms with E-state index in [0.717, 1.165) is 35.7 Å². The van der Waals surface area contributed by atoms with E-state index in [1.807, 2.05) is 23.1 Å². The quantitative estimate of drug-likeness (QED) is 0.808. The predicted octanol–water partition coefficient (Wildman–Crippen LogP) is 3.17. The van der Waals surface area contributed by atoms with Crippen LogP contribution in [-0.2, 0) is 9.84 Å². The number of benzene rings is 1. The van der Waals surface area contributed by atoms with Gasteiger partial charge in [-0.05, 0) is 43.5 Å². The summed E-state index contributed by atoms with van der Waals surface area (Å²) in [5, 5.41) is 0. The number of carbonyl (C=O) groups is 1. The van der Waals surface area contributed by atoms with Crippen LogP contribution in [0, 0.1) is 0 Å². The first kappa shape index (κ1) is 16.6. The summed E-state index contributed by atoms with van der Waals surface area (Å²) < 4.78 is 23.7. The molecule has 0 saturated carbocycles. The Morgan fingerprint density at radius 1 is 1.12 bits per heavy atom. The number of sulfone groups is 1. The minimum absolute atomic E-state index is 0.113. The van der Waals surface area contributed by atoms with Crippen LogP contribution in [0.3, 0.4) is 0 Å². The van der Waals surface area contributed by atoms with Gasteiger partial charge in [-0.3, -0.25) is 4.79 Å². The zero-order valence-corrected chi connectivity index (χ0v) is 15.6. The molecule has 4 rings (SSSR count). The predicted molar refractivity (Wildman–Crippen MR) is 101 cm³/mol. The summed E-state index contributed by atoms with van der Waals surface area (Å²) in [6.07, 6.45) is 4.62. The standard InChI is InChI=1S/C18H20N2O3S2/c1-25(22,23)17-10-9-16(24-17)18(21)20-12-13-6-4-5-11-19(13)14-7-2-3-8-15(14)20/h2-3,7-10,13H,4-6,11-12H2,1H3. The minimum atomic E-state index is -3.29. The van der Waals surface area contributed by atoms with Gasteiger partial charge in [0.1, 0.15) is 4.21 Å². The fourth-order valence-corrected chi connectivity index (χ4v) is 5.59. The van der Waals surface area contributed by atoms with Gasteiger partial charge in [-0.25, -0.2) is 8.42 Å². The van der Waals surface area contributed by atoms with Crippen molar-refractivity contribution < 1.29 is 13.2 Å². The van der Waals surface area contributed by atoms with Gasteiger partial charge in [0.05, 0.1) is 16.3 Å². The lowest BCUT2D eigenvalue weighted by molar-refractivity contribution is 0.0986. The average molecular weight is 377 g/mol. The lowest BCUT2D eigenvalue weighted by Gasteiger charge is -2.46. The first-order valence-corrected chi connectivity index (χ1v) is 11.1. The van der Waals surface area contributed by atoms with Gasteiger partial charge < -0.3 is 9.80 Å². The number of hydrogen-bond acceptors (Lipinski definition) is 5. The first-order valence-electron chi connectivity index (χ1n) is 8.42. The number of carbonyl (C=O) groups excluding carboxylic acids is 1. The Bertz CT molecular complexity index is 920. The zero-order valence-electron chi connectivity index (χ0n) is 14.0. The highest BCUT2D eigenvalue weighted by molar-refractivity contribution is 7.92. The van der Waals surface area contributed by atoms with Crippen molar-refractivity contribution in [3.8, 4) is 0 Å². The fraction of sp³-hybridized carbons (Fsp3) is 0.389. The van der Waals surface area contributed by atoms with Crippen molar-refractivity contribution in [2.24, 2.45) is 0 Å². The molecule has 0 aliphatic carbocycles. The Kier molecular flexibility index (Phi) is 4.08. The van der Waals surface area contributed by atoms with Crippen LogP contribution >= 0.6 is 11.3 Å². The number of nitrogens with zero attached hydrogens (tertiary/aromatic N) is 2. The Morgan fingerprint density at radius 2 is 1.88 bits per heavy atom. The molecule has 3 heterocycles. The number of piperidine rings is 1. The van der Waals surface area contributed by atoms with Gasteiger partial charge >= 0.3 is 0 Å². The molecule has 1 atom stereocenters. The second-order valence-corrected chi connectivity index (χ2v) is 9.96. The molecule has 1 aromatic carbocycles. The molecule has 2 aliphatic heterocycles. The van der Waals surface area contributed by atoms with E-state index in [-0.39, 0.29) is 10.1 Å². The molecule has 0 spiro atoms. The van der Waals surface area contributed by atoms with Crippen molar-refractivity contribution in [1.82, 2.24) is 0 Å². The van der Waals surface area contributed by atoms with E-state index in [4.69, 9.17) is 0 Å². The number of fused-ring (bicyclic) bond motifs is 3. The molecule has 1 fully saturated rings. The monoisotopic (exact) mass is 376 g/mol. The summed E-state index contributed by atoms with van der Waals surface area (Å²) in [4.78, 5) is 17.8. The van der Waals surface area contributed by atoms with E-state index in [9.17, 15) is 13.2 Å². The first-order chi connectivity index (χ1) is 11.9. The van der Waals surface area contributed by atoms with Crippen molar-refractivity contribution in [3.63, 3.8) is 0 Å². The highest BCUT2D eigenvalue weighted by Crippen LogP contribution is 2.39. The number of amides is 1. The Hall–Kier alpha value is -1.86. The average Bonchev–Trinajstić information content (AvgIpc) is 3.11. The van der Waals surface area contributed by atoms with E-state index in [2.05, 4.69) is 11.0 Å². The maximum atomic E-state index is 13.1. The Balaban J connectivity index is 1.72. The minimum Gasteiger partial charge on any atom is -0.365 e. The van der Waals surface area contributed by atoms with Crippen LogP contribution < -0.4 is 9.80 Å². The van der Waals surface area contributed by atoms with E-state index in [0.29, 0.717) is 17.5 Å². The summed E-state index contributed by atoms with van der Waals surface area (Å²) in [6.45, 7) is 1.68. The number of anilines is 2. The number of para-hydroxylation sites is 2. The molecule has 2 aromatic rings. The zero-order chi connectivity index (χ0) is 17.6. The molecule has 0 N–H and O–H groups in total. The van der Waals surface area contributed by atoms with Crippen molar-refractivity contribution in [2.45, 2.75) is 29.5 Å². The van der Waals surface area contributed by atoms with Crippen molar-refractivity contribution in [2.75, 3.05) is 29.1 Å². The van der Waals surface area contributed by atoms with Crippen LogP contribution in [0.1, 0.15) is 28.9 Å². The van der Waals surface area contributed by atoms with Crippen LogP contribution in [0.2, 0.25) is 0 Å². The lowest BCUT2D eigenvalue weighted by Crippen LogP contribution is -2.52. The normalized spacial score (nSPS) is 20.1. The topological polar surface area (TPSA) is 57.7 Å². The largest absolute Gasteiger partial charge is 0.365 e. The number of thiophene rings is 1. The van der Waals surface area contributed by atoms with E-state index in [1.165, 1.54) is 25.2 Å².